The molecule has 6 heteroatoms. The summed E-state index contributed by atoms with van der Waals surface area (Å²) in [5.74, 6) is 0. The molecule has 16 heavy (non-hydrogen) atoms. The van der Waals surface area contributed by atoms with Crippen LogP contribution in [0, 0.1) is 6.92 Å². The van der Waals surface area contributed by atoms with E-state index < -0.39 is 0 Å². The number of nitrogens with two attached hydrogens (primary N) is 1. The van der Waals surface area contributed by atoms with Gasteiger partial charge in [0.05, 0.1) is 0 Å². The summed E-state index contributed by atoms with van der Waals surface area (Å²) >= 11 is 1.28. The largest absolute Gasteiger partial charge is 0.326 e. The Bertz CT molecular complexity index is 390. The van der Waals surface area contributed by atoms with Crippen molar-refractivity contribution in [2.75, 3.05) is 19.6 Å². The van der Waals surface area contributed by atoms with Crippen LogP contribution in [0.15, 0.2) is 10.2 Å². The third-order valence-corrected chi connectivity index (χ3v) is 3.81. The van der Waals surface area contributed by atoms with Crippen LogP contribution in [-0.2, 0) is 6.54 Å². The summed E-state index contributed by atoms with van der Waals surface area (Å²) in [5.41, 5.74) is 6.89. The van der Waals surface area contributed by atoms with Crippen LogP contribution in [0.5, 0.6) is 0 Å². The Hall–Kier alpha value is -0.360. The summed E-state index contributed by atoms with van der Waals surface area (Å²) in [6, 6.07) is 0.324. The highest BCUT2D eigenvalue weighted by atomic mass is 35.5. The summed E-state index contributed by atoms with van der Waals surface area (Å²) in [5, 5.41) is 1.91. The van der Waals surface area contributed by atoms with Crippen molar-refractivity contribution in [1.82, 2.24) is 9.47 Å². The topological polar surface area (TPSA) is 51.3 Å². The van der Waals surface area contributed by atoms with Crippen molar-refractivity contribution in [2.24, 2.45) is 5.73 Å². The van der Waals surface area contributed by atoms with Gasteiger partial charge in [0.25, 0.3) is 0 Å². The van der Waals surface area contributed by atoms with Gasteiger partial charge in [0.15, 0.2) is 0 Å². The molecule has 0 radical (unpaired) electrons. The number of thiazole rings is 1. The molecule has 1 aliphatic heterocycles. The van der Waals surface area contributed by atoms with Crippen LogP contribution in [0.2, 0.25) is 0 Å². The summed E-state index contributed by atoms with van der Waals surface area (Å²) < 4.78 is 1.84. The molecule has 1 fully saturated rings. The van der Waals surface area contributed by atoms with E-state index in [1.165, 1.54) is 11.3 Å². The van der Waals surface area contributed by atoms with Crippen LogP contribution in [0.1, 0.15) is 12.1 Å². The normalized spacial score (nSPS) is 21.0. The SMILES string of the molecule is Cc1csc(=O)n1CCN1CC[C@H](N)C1.Cl. The number of likely N-dealkylation sites (tertiary alicyclic amines) is 1. The Morgan fingerprint density at radius 2 is 2.31 bits per heavy atom. The van der Waals surface area contributed by atoms with Crippen molar-refractivity contribution in [3.8, 4) is 0 Å². The highest BCUT2D eigenvalue weighted by Gasteiger charge is 2.18. The summed E-state index contributed by atoms with van der Waals surface area (Å²) in [4.78, 5) is 13.9. The van der Waals surface area contributed by atoms with E-state index in [0.717, 1.165) is 38.3 Å². The van der Waals surface area contributed by atoms with Crippen LogP contribution >= 0.6 is 23.7 Å². The average Bonchev–Trinajstić information content (AvgIpc) is 2.73. The van der Waals surface area contributed by atoms with Crippen molar-refractivity contribution < 1.29 is 0 Å². The first-order valence-corrected chi connectivity index (χ1v) is 6.17. The minimum atomic E-state index is 0. The summed E-state index contributed by atoms with van der Waals surface area (Å²) in [7, 11) is 0. The van der Waals surface area contributed by atoms with E-state index in [-0.39, 0.29) is 17.3 Å². The zero-order valence-corrected chi connectivity index (χ0v) is 11.0. The first-order chi connectivity index (χ1) is 7.16. The number of halogens is 1. The summed E-state index contributed by atoms with van der Waals surface area (Å²) in [6.07, 6.45) is 1.08. The average molecular weight is 264 g/mol. The second-order valence-electron chi connectivity index (χ2n) is 4.14. The highest BCUT2D eigenvalue weighted by molar-refractivity contribution is 7.07. The zero-order valence-electron chi connectivity index (χ0n) is 9.39. The lowest BCUT2D eigenvalue weighted by Gasteiger charge is -2.15. The lowest BCUT2D eigenvalue weighted by molar-refractivity contribution is 0.316. The summed E-state index contributed by atoms with van der Waals surface area (Å²) in [6.45, 7) is 5.75. The minimum Gasteiger partial charge on any atom is -0.326 e. The quantitative estimate of drug-likeness (QED) is 0.872. The second-order valence-corrected chi connectivity index (χ2v) is 4.96. The predicted molar refractivity (Wildman–Crippen MR) is 69.6 cm³/mol. The van der Waals surface area contributed by atoms with Gasteiger partial charge in [0.2, 0.25) is 0 Å². The standard InChI is InChI=1S/C10H17N3OS.ClH/c1-8-7-15-10(14)13(8)5-4-12-3-2-9(11)6-12;/h7,9H,2-6,11H2,1H3;1H/t9-;/m0./s1. The molecular weight excluding hydrogens is 246 g/mol. The maximum atomic E-state index is 11.4. The lowest BCUT2D eigenvalue weighted by atomic mass is 10.3. The van der Waals surface area contributed by atoms with Gasteiger partial charge in [-0.25, -0.2) is 0 Å². The molecule has 2 rings (SSSR count). The van der Waals surface area contributed by atoms with Gasteiger partial charge in [0, 0.05) is 36.8 Å². The fraction of sp³-hybridized carbons (Fsp3) is 0.700. The first kappa shape index (κ1) is 13.7. The number of nitrogens with zero attached hydrogens (tertiary/aromatic N) is 2. The molecule has 4 nitrogen and oxygen atoms in total. The maximum Gasteiger partial charge on any atom is 0.307 e. The molecule has 0 aromatic carbocycles. The molecular formula is C10H18ClN3OS. The predicted octanol–water partition coefficient (Wildman–Crippen LogP) is 0.673. The Kier molecular flexibility index (Phi) is 4.98. The van der Waals surface area contributed by atoms with Gasteiger partial charge in [-0.1, -0.05) is 11.3 Å². The van der Waals surface area contributed by atoms with Crippen molar-refractivity contribution in [3.63, 3.8) is 0 Å². The van der Waals surface area contributed by atoms with Crippen LogP contribution in [0.3, 0.4) is 0 Å². The molecule has 2 N–H and O–H groups in total. The zero-order chi connectivity index (χ0) is 10.8. The molecule has 1 saturated heterocycles. The smallest absolute Gasteiger partial charge is 0.307 e. The third kappa shape index (κ3) is 3.07. The van der Waals surface area contributed by atoms with Crippen molar-refractivity contribution in [3.05, 3.63) is 20.7 Å². The first-order valence-electron chi connectivity index (χ1n) is 5.29. The molecule has 1 aromatic rings. The molecule has 1 aromatic heterocycles. The van der Waals surface area contributed by atoms with Crippen molar-refractivity contribution in [1.29, 1.82) is 0 Å². The van der Waals surface area contributed by atoms with E-state index in [2.05, 4.69) is 4.90 Å². The fourth-order valence-corrected chi connectivity index (χ4v) is 2.74. The minimum absolute atomic E-state index is 0. The van der Waals surface area contributed by atoms with Gasteiger partial charge in [-0.2, -0.15) is 0 Å². The van der Waals surface area contributed by atoms with Gasteiger partial charge in [-0.05, 0) is 19.9 Å². The maximum absolute atomic E-state index is 11.4. The van der Waals surface area contributed by atoms with E-state index >= 15 is 0 Å². The van der Waals surface area contributed by atoms with Crippen LogP contribution in [0.4, 0.5) is 0 Å². The number of aryl methyl sites for hydroxylation is 1. The molecule has 0 saturated carbocycles. The van der Waals surface area contributed by atoms with Gasteiger partial charge in [-0.15, -0.1) is 12.4 Å². The number of aromatic nitrogens is 1. The van der Waals surface area contributed by atoms with E-state index in [0.29, 0.717) is 6.04 Å². The second kappa shape index (κ2) is 5.82. The van der Waals surface area contributed by atoms with Crippen molar-refractivity contribution >= 4 is 23.7 Å². The van der Waals surface area contributed by atoms with Gasteiger partial charge in [-0.3, -0.25) is 9.69 Å². The Balaban J connectivity index is 0.00000128. The lowest BCUT2D eigenvalue weighted by Crippen LogP contribution is -2.31. The molecule has 0 amide bonds. The highest BCUT2D eigenvalue weighted by Crippen LogP contribution is 2.07. The number of hydrogen-bond acceptors (Lipinski definition) is 4. The molecule has 2 heterocycles. The molecule has 92 valence electrons. The van der Waals surface area contributed by atoms with Gasteiger partial charge >= 0.3 is 4.87 Å². The third-order valence-electron chi connectivity index (χ3n) is 2.93. The van der Waals surface area contributed by atoms with E-state index in [9.17, 15) is 4.79 Å². The fourth-order valence-electron chi connectivity index (χ4n) is 1.98. The van der Waals surface area contributed by atoms with Crippen LogP contribution < -0.4 is 10.6 Å². The van der Waals surface area contributed by atoms with E-state index in [1.54, 1.807) is 0 Å². The Morgan fingerprint density at radius 1 is 1.56 bits per heavy atom. The van der Waals surface area contributed by atoms with Gasteiger partial charge in [0.1, 0.15) is 0 Å². The molecule has 0 spiro atoms. The molecule has 0 unspecified atom stereocenters. The Labute approximate surface area is 105 Å². The number of rotatable bonds is 3. The molecule has 0 bridgehead atoms. The van der Waals surface area contributed by atoms with E-state index in [4.69, 9.17) is 5.73 Å². The van der Waals surface area contributed by atoms with Crippen LogP contribution in [0.25, 0.3) is 0 Å². The Morgan fingerprint density at radius 3 is 2.81 bits per heavy atom. The van der Waals surface area contributed by atoms with Crippen LogP contribution in [-0.4, -0.2) is 35.1 Å². The monoisotopic (exact) mass is 263 g/mol. The molecule has 1 atom stereocenters. The van der Waals surface area contributed by atoms with Gasteiger partial charge < -0.3 is 10.3 Å². The van der Waals surface area contributed by atoms with Crippen molar-refractivity contribution in [2.45, 2.75) is 25.9 Å². The molecule has 1 aliphatic rings. The van der Waals surface area contributed by atoms with E-state index in [1.807, 2.05) is 16.9 Å². The molecule has 0 aliphatic carbocycles. The number of hydrogen-bond donors (Lipinski definition) is 1.